The minimum Gasteiger partial charge on any atom is -0.449 e. The van der Waals surface area contributed by atoms with Crippen molar-refractivity contribution >= 4 is 22.4 Å². The molecule has 19 heavy (non-hydrogen) atoms. The first-order valence-corrected chi connectivity index (χ1v) is 7.39. The van der Waals surface area contributed by atoms with E-state index in [4.69, 9.17) is 0 Å². The van der Waals surface area contributed by atoms with Gasteiger partial charge in [0.1, 0.15) is 6.17 Å². The third-order valence-corrected chi connectivity index (χ3v) is 4.26. The maximum absolute atomic E-state index is 12.0. The number of isocyanates is 1. The van der Waals surface area contributed by atoms with E-state index in [1.54, 1.807) is 18.6 Å². The van der Waals surface area contributed by atoms with Crippen molar-refractivity contribution in [2.45, 2.75) is 32.9 Å². The van der Waals surface area contributed by atoms with Gasteiger partial charge in [-0.25, -0.2) is 14.3 Å². The van der Waals surface area contributed by atoms with Crippen LogP contribution in [0.4, 0.5) is 4.79 Å². The number of piperidine rings is 1. The molecule has 0 spiro atoms. The second kappa shape index (κ2) is 6.65. The second-order valence-corrected chi connectivity index (χ2v) is 5.82. The fraction of sp³-hybridized carbons (Fsp3) is 0.800. The molecule has 9 heteroatoms. The van der Waals surface area contributed by atoms with Gasteiger partial charge < -0.3 is 4.74 Å². The van der Waals surface area contributed by atoms with Gasteiger partial charge in [-0.2, -0.15) is 17.7 Å². The number of amides is 1. The summed E-state index contributed by atoms with van der Waals surface area (Å²) >= 11 is 0. The van der Waals surface area contributed by atoms with Crippen LogP contribution in [0.25, 0.3) is 0 Å². The lowest BCUT2D eigenvalue weighted by Gasteiger charge is -2.34. The lowest BCUT2D eigenvalue weighted by molar-refractivity contribution is 0.155. The molecule has 1 fully saturated rings. The van der Waals surface area contributed by atoms with Crippen molar-refractivity contribution in [3.8, 4) is 0 Å². The summed E-state index contributed by atoms with van der Waals surface area (Å²) in [5, 5.41) is 0. The first-order valence-electron chi connectivity index (χ1n) is 5.95. The topological polar surface area (TPSA) is 105 Å². The highest BCUT2D eigenvalue weighted by Gasteiger charge is 2.37. The van der Waals surface area contributed by atoms with Crippen molar-refractivity contribution in [2.75, 3.05) is 13.2 Å². The maximum Gasteiger partial charge on any atom is 0.421 e. The molecule has 1 heterocycles. The van der Waals surface area contributed by atoms with Gasteiger partial charge in [0.25, 0.3) is 0 Å². The number of hydrogen-bond acceptors (Lipinski definition) is 6. The summed E-state index contributed by atoms with van der Waals surface area (Å²) in [6.45, 7) is 3.61. The summed E-state index contributed by atoms with van der Waals surface area (Å²) in [6.07, 6.45) is 0.878. The van der Waals surface area contributed by atoms with Crippen LogP contribution in [0.1, 0.15) is 26.7 Å². The molecular weight excluding hydrogens is 274 g/mol. The largest absolute Gasteiger partial charge is 0.449 e. The number of rotatable bonds is 4. The van der Waals surface area contributed by atoms with Gasteiger partial charge in [-0.05, 0) is 25.7 Å². The van der Waals surface area contributed by atoms with E-state index >= 15 is 0 Å². The first kappa shape index (κ1) is 15.6. The Morgan fingerprint density at radius 1 is 1.58 bits per heavy atom. The minimum absolute atomic E-state index is 0.0632. The number of carbonyl (C=O) groups is 1. The van der Waals surface area contributed by atoms with Crippen LogP contribution >= 0.6 is 0 Å². The highest BCUT2D eigenvalue weighted by Crippen LogP contribution is 2.25. The summed E-state index contributed by atoms with van der Waals surface area (Å²) in [5.41, 5.74) is 0. The fourth-order valence-electron chi connectivity index (χ4n) is 1.97. The number of carbonyl (C=O) groups excluding carboxylic acids is 2. The highest BCUT2D eigenvalue weighted by atomic mass is 32.2. The molecule has 1 aliphatic heterocycles. The standard InChI is InChI=1S/C10H17N3O5S/c1-3-18-10(15)12-19(16,17)13-6-4-5-8(2)9(13)11-7-14/h8-9H,3-6H2,1-2H3,(H,12,15). The van der Waals surface area contributed by atoms with Crippen molar-refractivity contribution in [2.24, 2.45) is 10.9 Å². The average molecular weight is 291 g/mol. The van der Waals surface area contributed by atoms with E-state index in [9.17, 15) is 18.0 Å². The van der Waals surface area contributed by atoms with E-state index in [0.29, 0.717) is 6.42 Å². The molecule has 1 amide bonds. The van der Waals surface area contributed by atoms with Crippen LogP contribution < -0.4 is 4.72 Å². The summed E-state index contributed by atoms with van der Waals surface area (Å²) in [6, 6.07) is 0. The minimum atomic E-state index is -4.07. The molecule has 0 aliphatic carbocycles. The van der Waals surface area contributed by atoms with Crippen LogP contribution in [0, 0.1) is 5.92 Å². The van der Waals surface area contributed by atoms with Crippen molar-refractivity contribution < 1.29 is 22.7 Å². The zero-order valence-corrected chi connectivity index (χ0v) is 11.6. The lowest BCUT2D eigenvalue weighted by Crippen LogP contribution is -2.52. The molecule has 1 rings (SSSR count). The second-order valence-electron chi connectivity index (χ2n) is 4.19. The van der Waals surface area contributed by atoms with Crippen LogP contribution in [0.2, 0.25) is 0 Å². The Balaban J connectivity index is 2.90. The van der Waals surface area contributed by atoms with Crippen LogP contribution in [0.5, 0.6) is 0 Å². The Morgan fingerprint density at radius 3 is 2.84 bits per heavy atom. The predicted octanol–water partition coefficient (Wildman–Crippen LogP) is 0.371. The highest BCUT2D eigenvalue weighted by molar-refractivity contribution is 7.87. The Morgan fingerprint density at radius 2 is 2.26 bits per heavy atom. The Kier molecular flexibility index (Phi) is 5.46. The third-order valence-electron chi connectivity index (χ3n) is 2.82. The van der Waals surface area contributed by atoms with E-state index in [0.717, 1.165) is 10.7 Å². The van der Waals surface area contributed by atoms with Gasteiger partial charge in [0.05, 0.1) is 6.61 Å². The molecule has 0 saturated carbocycles. The number of aliphatic imine (C=N–C) groups is 1. The molecule has 1 saturated heterocycles. The van der Waals surface area contributed by atoms with Gasteiger partial charge in [-0.1, -0.05) is 6.92 Å². The zero-order valence-electron chi connectivity index (χ0n) is 10.8. The molecule has 0 radical (unpaired) electrons. The predicted molar refractivity (Wildman–Crippen MR) is 66.1 cm³/mol. The molecular formula is C10H17N3O5S. The van der Waals surface area contributed by atoms with Crippen LogP contribution in [0.3, 0.4) is 0 Å². The SMILES string of the molecule is CCOC(=O)NS(=O)(=O)N1CCCC(C)C1N=C=O. The first-order chi connectivity index (χ1) is 8.92. The van der Waals surface area contributed by atoms with E-state index in [1.807, 2.05) is 0 Å². The van der Waals surface area contributed by atoms with Crippen LogP contribution in [0.15, 0.2) is 4.99 Å². The van der Waals surface area contributed by atoms with Gasteiger partial charge in [-0.15, -0.1) is 0 Å². The van der Waals surface area contributed by atoms with Crippen LogP contribution in [-0.4, -0.2) is 44.2 Å². The molecule has 1 N–H and O–H groups in total. The van der Waals surface area contributed by atoms with Gasteiger partial charge >= 0.3 is 16.3 Å². The molecule has 0 aromatic rings. The van der Waals surface area contributed by atoms with E-state index in [1.165, 1.54) is 6.08 Å². The van der Waals surface area contributed by atoms with E-state index < -0.39 is 22.5 Å². The third kappa shape index (κ3) is 4.02. The Labute approximate surface area is 112 Å². The van der Waals surface area contributed by atoms with Crippen molar-refractivity contribution in [3.63, 3.8) is 0 Å². The maximum atomic E-state index is 12.0. The molecule has 0 aromatic heterocycles. The molecule has 0 aromatic carbocycles. The summed E-state index contributed by atoms with van der Waals surface area (Å²) in [7, 11) is -4.07. The molecule has 1 aliphatic rings. The van der Waals surface area contributed by atoms with E-state index in [-0.39, 0.29) is 19.1 Å². The van der Waals surface area contributed by atoms with Crippen LogP contribution in [-0.2, 0) is 19.7 Å². The molecule has 2 unspecified atom stereocenters. The number of nitrogens with one attached hydrogen (secondary N) is 1. The van der Waals surface area contributed by atoms with Gasteiger partial charge in [0.15, 0.2) is 0 Å². The van der Waals surface area contributed by atoms with Gasteiger partial charge in [0.2, 0.25) is 6.08 Å². The Hall–Kier alpha value is -1.44. The number of nitrogens with zero attached hydrogens (tertiary/aromatic N) is 2. The fourth-order valence-corrected chi connectivity index (χ4v) is 3.26. The number of ether oxygens (including phenoxy) is 1. The summed E-state index contributed by atoms with van der Waals surface area (Å²) in [5.74, 6) is -0.117. The molecule has 8 nitrogen and oxygen atoms in total. The average Bonchev–Trinajstić information content (AvgIpc) is 2.31. The molecule has 2 atom stereocenters. The lowest BCUT2D eigenvalue weighted by atomic mass is 9.98. The quantitative estimate of drug-likeness (QED) is 0.595. The molecule has 0 bridgehead atoms. The van der Waals surface area contributed by atoms with Crippen molar-refractivity contribution in [3.05, 3.63) is 0 Å². The number of hydrogen-bond donors (Lipinski definition) is 1. The monoisotopic (exact) mass is 291 g/mol. The van der Waals surface area contributed by atoms with E-state index in [2.05, 4.69) is 9.73 Å². The summed E-state index contributed by atoms with van der Waals surface area (Å²) in [4.78, 5) is 25.1. The van der Waals surface area contributed by atoms with Gasteiger partial charge in [0, 0.05) is 6.54 Å². The van der Waals surface area contributed by atoms with Gasteiger partial charge in [-0.3, -0.25) is 0 Å². The Bertz CT molecular complexity index is 472. The van der Waals surface area contributed by atoms with Crippen molar-refractivity contribution in [1.29, 1.82) is 0 Å². The molecule has 108 valence electrons. The smallest absolute Gasteiger partial charge is 0.421 e. The zero-order chi connectivity index (χ0) is 14.5. The van der Waals surface area contributed by atoms with Crippen molar-refractivity contribution in [1.82, 2.24) is 9.03 Å². The summed E-state index contributed by atoms with van der Waals surface area (Å²) < 4.78 is 31.4. The normalized spacial score (nSPS) is 24.3.